The number of carbonyl (C=O) groups is 3. The predicted molar refractivity (Wildman–Crippen MR) is 82.1 cm³/mol. The van der Waals surface area contributed by atoms with Gasteiger partial charge < -0.3 is 26.2 Å². The summed E-state index contributed by atoms with van der Waals surface area (Å²) in [5, 5.41) is 14.5. The largest absolute Gasteiger partial charge is 0.481 e. The number of ether oxygens (including phenoxy) is 1. The minimum absolute atomic E-state index is 0.0258. The van der Waals surface area contributed by atoms with E-state index in [-0.39, 0.29) is 6.54 Å². The van der Waals surface area contributed by atoms with Crippen LogP contribution in [0.5, 0.6) is 0 Å². The Bertz CT molecular complexity index is 611. The number of rotatable bonds is 5. The van der Waals surface area contributed by atoms with E-state index in [1.54, 1.807) is 18.2 Å². The summed E-state index contributed by atoms with van der Waals surface area (Å²) in [6.45, 7) is 0.748. The fraction of sp³-hybridized carbons (Fsp3) is 0.400. The fourth-order valence-corrected chi connectivity index (χ4v) is 2.46. The number of carboxylic acid groups (broad SMARTS) is 1. The van der Waals surface area contributed by atoms with Gasteiger partial charge in [0.15, 0.2) is 0 Å². The van der Waals surface area contributed by atoms with Crippen LogP contribution in [0.1, 0.15) is 23.2 Å². The molecule has 1 aliphatic heterocycles. The van der Waals surface area contributed by atoms with Crippen molar-refractivity contribution >= 4 is 23.6 Å². The molecule has 1 heterocycles. The molecule has 0 bridgehead atoms. The molecule has 0 unspecified atom stereocenters. The first-order chi connectivity index (χ1) is 10.9. The maximum atomic E-state index is 12.2. The predicted octanol–water partition coefficient (Wildman–Crippen LogP) is 0.788. The highest BCUT2D eigenvalue weighted by Gasteiger charge is 2.40. The topological polar surface area (TPSA) is 131 Å². The van der Waals surface area contributed by atoms with Crippen molar-refractivity contribution in [2.75, 3.05) is 25.1 Å². The molecule has 1 fully saturated rings. The number of aliphatic carboxylic acids is 1. The first kappa shape index (κ1) is 16.8. The van der Waals surface area contributed by atoms with Crippen LogP contribution >= 0.6 is 0 Å². The Morgan fingerprint density at radius 2 is 1.96 bits per heavy atom. The van der Waals surface area contributed by atoms with Gasteiger partial charge in [-0.25, -0.2) is 4.79 Å². The minimum atomic E-state index is -1.00. The van der Waals surface area contributed by atoms with Gasteiger partial charge >= 0.3 is 12.0 Å². The zero-order chi connectivity index (χ0) is 16.9. The van der Waals surface area contributed by atoms with Crippen LogP contribution in [0.15, 0.2) is 24.3 Å². The summed E-state index contributed by atoms with van der Waals surface area (Å²) in [7, 11) is 0. The number of amides is 3. The van der Waals surface area contributed by atoms with Gasteiger partial charge in [0, 0.05) is 31.0 Å². The third kappa shape index (κ3) is 4.19. The van der Waals surface area contributed by atoms with Gasteiger partial charge in [0.1, 0.15) is 0 Å². The molecule has 0 aliphatic carbocycles. The number of carboxylic acids is 1. The number of nitrogens with two attached hydrogens (primary N) is 1. The molecule has 1 aliphatic rings. The van der Waals surface area contributed by atoms with Crippen molar-refractivity contribution < 1.29 is 24.2 Å². The van der Waals surface area contributed by atoms with Gasteiger partial charge in [-0.05, 0) is 31.0 Å². The van der Waals surface area contributed by atoms with E-state index in [2.05, 4.69) is 10.6 Å². The Labute approximate surface area is 133 Å². The van der Waals surface area contributed by atoms with Crippen LogP contribution in [0.3, 0.4) is 0 Å². The van der Waals surface area contributed by atoms with Gasteiger partial charge in [-0.1, -0.05) is 6.07 Å². The van der Waals surface area contributed by atoms with Crippen LogP contribution in [0, 0.1) is 5.41 Å². The zero-order valence-corrected chi connectivity index (χ0v) is 12.5. The molecule has 8 nitrogen and oxygen atoms in total. The van der Waals surface area contributed by atoms with Crippen molar-refractivity contribution in [2.24, 2.45) is 11.1 Å². The van der Waals surface area contributed by atoms with Crippen molar-refractivity contribution in [3.05, 3.63) is 29.8 Å². The van der Waals surface area contributed by atoms with E-state index in [0.717, 1.165) is 0 Å². The number of primary amides is 1. The summed E-state index contributed by atoms with van der Waals surface area (Å²) >= 11 is 0. The Balaban J connectivity index is 2.03. The van der Waals surface area contributed by atoms with Gasteiger partial charge in [-0.15, -0.1) is 0 Å². The molecule has 3 amide bonds. The average molecular weight is 321 g/mol. The molecular weight excluding hydrogens is 302 g/mol. The number of carbonyl (C=O) groups excluding carboxylic acids is 2. The normalized spacial score (nSPS) is 16.3. The molecule has 23 heavy (non-hydrogen) atoms. The first-order valence-electron chi connectivity index (χ1n) is 7.19. The maximum absolute atomic E-state index is 12.2. The lowest BCUT2D eigenvalue weighted by atomic mass is 9.80. The van der Waals surface area contributed by atoms with E-state index in [1.807, 2.05) is 0 Å². The summed E-state index contributed by atoms with van der Waals surface area (Å²) in [4.78, 5) is 34.6. The second-order valence-corrected chi connectivity index (χ2v) is 5.45. The van der Waals surface area contributed by atoms with Crippen LogP contribution in [0.4, 0.5) is 10.5 Å². The quantitative estimate of drug-likeness (QED) is 0.637. The Kier molecular flexibility index (Phi) is 5.17. The van der Waals surface area contributed by atoms with Crippen LogP contribution in [0.25, 0.3) is 0 Å². The van der Waals surface area contributed by atoms with Gasteiger partial charge in [0.2, 0.25) is 0 Å². The molecule has 0 saturated carbocycles. The second-order valence-electron chi connectivity index (χ2n) is 5.45. The summed E-state index contributed by atoms with van der Waals surface area (Å²) in [5.74, 6) is -1.35. The monoisotopic (exact) mass is 321 g/mol. The van der Waals surface area contributed by atoms with Crippen molar-refractivity contribution in [1.82, 2.24) is 5.32 Å². The van der Waals surface area contributed by atoms with Gasteiger partial charge in [-0.2, -0.15) is 0 Å². The average Bonchev–Trinajstić information content (AvgIpc) is 2.53. The fourth-order valence-electron chi connectivity index (χ4n) is 2.46. The van der Waals surface area contributed by atoms with Crippen LogP contribution < -0.4 is 16.4 Å². The smallest absolute Gasteiger partial charge is 0.316 e. The number of hydrogen-bond donors (Lipinski definition) is 4. The number of benzene rings is 1. The second kappa shape index (κ2) is 7.10. The number of nitrogens with one attached hydrogen (secondary N) is 2. The molecule has 1 saturated heterocycles. The molecular formula is C15H19N3O5. The van der Waals surface area contributed by atoms with E-state index in [1.165, 1.54) is 6.07 Å². The van der Waals surface area contributed by atoms with Crippen molar-refractivity contribution in [3.8, 4) is 0 Å². The van der Waals surface area contributed by atoms with Gasteiger partial charge in [-0.3, -0.25) is 9.59 Å². The van der Waals surface area contributed by atoms with Crippen molar-refractivity contribution in [2.45, 2.75) is 12.8 Å². The number of anilines is 1. The molecule has 5 N–H and O–H groups in total. The lowest BCUT2D eigenvalue weighted by Crippen LogP contribution is -2.46. The van der Waals surface area contributed by atoms with Crippen molar-refractivity contribution in [1.29, 1.82) is 0 Å². The highest BCUT2D eigenvalue weighted by Crippen LogP contribution is 2.30. The third-order valence-corrected chi connectivity index (χ3v) is 3.88. The molecule has 124 valence electrons. The number of urea groups is 1. The van der Waals surface area contributed by atoms with Crippen molar-refractivity contribution in [3.63, 3.8) is 0 Å². The standard InChI is InChI=1S/C15H19N3O5/c16-14(22)18-11-3-1-2-10(8-11)12(19)17-9-15(13(20)21)4-6-23-7-5-15/h1-3,8H,4-7,9H2,(H,17,19)(H,20,21)(H3,16,18,22). The van der Waals surface area contributed by atoms with Gasteiger partial charge in [0.25, 0.3) is 5.91 Å². The lowest BCUT2D eigenvalue weighted by Gasteiger charge is -2.33. The summed E-state index contributed by atoms with van der Waals surface area (Å²) in [5.41, 5.74) is 4.73. The van der Waals surface area contributed by atoms with E-state index < -0.39 is 23.3 Å². The van der Waals surface area contributed by atoms with E-state index in [0.29, 0.717) is 37.3 Å². The summed E-state index contributed by atoms with van der Waals surface area (Å²) in [6, 6.07) is 5.51. The lowest BCUT2D eigenvalue weighted by molar-refractivity contribution is -0.154. The minimum Gasteiger partial charge on any atom is -0.481 e. The first-order valence-corrected chi connectivity index (χ1v) is 7.19. The Morgan fingerprint density at radius 3 is 2.57 bits per heavy atom. The Morgan fingerprint density at radius 1 is 1.26 bits per heavy atom. The molecule has 1 aromatic carbocycles. The highest BCUT2D eigenvalue weighted by atomic mass is 16.5. The highest BCUT2D eigenvalue weighted by molar-refractivity contribution is 5.96. The molecule has 0 atom stereocenters. The van der Waals surface area contributed by atoms with Crippen LogP contribution in [-0.4, -0.2) is 42.8 Å². The van der Waals surface area contributed by atoms with E-state index in [4.69, 9.17) is 10.5 Å². The molecule has 1 aromatic rings. The van der Waals surface area contributed by atoms with E-state index >= 15 is 0 Å². The number of hydrogen-bond acceptors (Lipinski definition) is 4. The molecule has 0 aromatic heterocycles. The third-order valence-electron chi connectivity index (χ3n) is 3.88. The molecule has 0 spiro atoms. The summed E-state index contributed by atoms with van der Waals surface area (Å²) in [6.07, 6.45) is 0.706. The Hall–Kier alpha value is -2.61. The maximum Gasteiger partial charge on any atom is 0.316 e. The molecule has 0 radical (unpaired) electrons. The SMILES string of the molecule is NC(=O)Nc1cccc(C(=O)NCC2(C(=O)O)CCOCC2)c1. The van der Waals surface area contributed by atoms with E-state index in [9.17, 15) is 19.5 Å². The molecule has 8 heteroatoms. The van der Waals surface area contributed by atoms with Gasteiger partial charge in [0.05, 0.1) is 5.41 Å². The molecule has 2 rings (SSSR count). The summed E-state index contributed by atoms with van der Waals surface area (Å²) < 4.78 is 5.19. The van der Waals surface area contributed by atoms with Crippen LogP contribution in [0.2, 0.25) is 0 Å². The van der Waals surface area contributed by atoms with Crippen LogP contribution in [-0.2, 0) is 9.53 Å². The zero-order valence-electron chi connectivity index (χ0n) is 12.5.